The van der Waals surface area contributed by atoms with E-state index in [0.717, 1.165) is 0 Å². The second-order valence-corrected chi connectivity index (χ2v) is 5.38. The van der Waals surface area contributed by atoms with E-state index in [1.807, 2.05) is 0 Å². The molecule has 0 aliphatic heterocycles. The number of rotatable bonds is 6. The summed E-state index contributed by atoms with van der Waals surface area (Å²) in [5, 5.41) is 0. The van der Waals surface area contributed by atoms with Crippen molar-refractivity contribution >= 4 is 18.2 Å². The van der Waals surface area contributed by atoms with Gasteiger partial charge in [-0.2, -0.15) is 10.6 Å². The maximum Gasteiger partial charge on any atom is 0.314 e. The van der Waals surface area contributed by atoms with Crippen LogP contribution < -0.4 is 0 Å². The lowest BCUT2D eigenvalue weighted by Gasteiger charge is -2.17. The van der Waals surface area contributed by atoms with Gasteiger partial charge < -0.3 is 18.0 Å². The summed E-state index contributed by atoms with van der Waals surface area (Å²) in [7, 11) is -5.16. The molecular weight excluding hydrogens is 201 g/mol. The summed E-state index contributed by atoms with van der Waals surface area (Å²) in [4.78, 5) is 0. The SMILES string of the molecule is CCOP(=O)(C[S-](=N)=O)OCC. The Morgan fingerprint density at radius 1 is 1.33 bits per heavy atom. The molecule has 0 unspecified atom stereocenters. The van der Waals surface area contributed by atoms with Gasteiger partial charge in [-0.1, -0.05) is 0 Å². The fourth-order valence-electron chi connectivity index (χ4n) is 0.649. The number of nitrogens with one attached hydrogen (secondary N) is 1. The third-order valence-corrected chi connectivity index (χ3v) is 4.43. The van der Waals surface area contributed by atoms with Gasteiger partial charge in [0.2, 0.25) is 0 Å². The Morgan fingerprint density at radius 2 is 1.75 bits per heavy atom. The lowest BCUT2D eigenvalue weighted by Crippen LogP contribution is -2.00. The first-order valence-electron chi connectivity index (χ1n) is 3.51. The topological polar surface area (TPSA) is 76.5 Å². The molecule has 0 rings (SSSR count). The molecule has 0 aromatic rings. The van der Waals surface area contributed by atoms with Gasteiger partial charge in [0.1, 0.15) is 0 Å². The van der Waals surface area contributed by atoms with E-state index in [0.29, 0.717) is 0 Å². The largest absolute Gasteiger partial charge is 0.444 e. The maximum atomic E-state index is 11.5. The van der Waals surface area contributed by atoms with Crippen LogP contribution in [0.25, 0.3) is 0 Å². The summed E-state index contributed by atoms with van der Waals surface area (Å²) in [6, 6.07) is 0. The predicted molar refractivity (Wildman–Crippen MR) is 46.5 cm³/mol. The summed E-state index contributed by atoms with van der Waals surface area (Å²) in [5.41, 5.74) is -0.353. The molecule has 0 aromatic heterocycles. The van der Waals surface area contributed by atoms with E-state index in [1.165, 1.54) is 0 Å². The van der Waals surface area contributed by atoms with Gasteiger partial charge >= 0.3 is 7.60 Å². The Hall–Kier alpha value is 0.100. The molecule has 1 N–H and O–H groups in total. The van der Waals surface area contributed by atoms with Crippen LogP contribution in [0.5, 0.6) is 0 Å². The summed E-state index contributed by atoms with van der Waals surface area (Å²) in [6.07, 6.45) is 0. The molecule has 0 spiro atoms. The van der Waals surface area contributed by atoms with Gasteiger partial charge in [0.15, 0.2) is 0 Å². The van der Waals surface area contributed by atoms with Crippen molar-refractivity contribution < 1.29 is 17.8 Å². The monoisotopic (exact) mass is 214 g/mol. The van der Waals surface area contributed by atoms with Crippen LogP contribution in [-0.2, 0) is 28.4 Å². The average molecular weight is 214 g/mol. The van der Waals surface area contributed by atoms with Crippen molar-refractivity contribution in [1.82, 2.24) is 0 Å². The molecule has 0 radical (unpaired) electrons. The van der Waals surface area contributed by atoms with E-state index >= 15 is 0 Å². The highest BCUT2D eigenvalue weighted by Crippen LogP contribution is 2.47. The molecule has 0 heterocycles. The standard InChI is InChI=1S/C5H13NO4PS/c1-3-9-11(7,10-4-2)5-12(6)8/h6H,3-5H2,1-2H3/q-1. The fourth-order valence-corrected chi connectivity index (χ4v) is 3.26. The van der Waals surface area contributed by atoms with Gasteiger partial charge in [-0.3, -0.25) is 4.57 Å². The van der Waals surface area contributed by atoms with Crippen LogP contribution in [0.3, 0.4) is 0 Å². The Bertz CT molecular complexity index is 222. The third kappa shape index (κ3) is 4.87. The molecule has 0 fully saturated rings. The lowest BCUT2D eigenvalue weighted by molar-refractivity contribution is 0.224. The van der Waals surface area contributed by atoms with E-state index in [1.54, 1.807) is 13.8 Å². The second kappa shape index (κ2) is 5.70. The smallest absolute Gasteiger partial charge is 0.314 e. The molecule has 0 bridgehead atoms. The molecule has 0 aromatic carbocycles. The molecule has 7 heteroatoms. The maximum absolute atomic E-state index is 11.5. The van der Waals surface area contributed by atoms with Gasteiger partial charge in [0.05, 0.1) is 13.2 Å². The molecule has 0 saturated carbocycles. The van der Waals surface area contributed by atoms with Crippen molar-refractivity contribution in [3.8, 4) is 0 Å². The summed E-state index contributed by atoms with van der Waals surface area (Å²) < 4.78 is 38.3. The van der Waals surface area contributed by atoms with Crippen molar-refractivity contribution in [3.05, 3.63) is 0 Å². The van der Waals surface area contributed by atoms with Crippen molar-refractivity contribution in [2.24, 2.45) is 0 Å². The molecule has 5 nitrogen and oxygen atoms in total. The fraction of sp³-hybridized carbons (Fsp3) is 1.00. The van der Waals surface area contributed by atoms with Crippen molar-refractivity contribution in [2.45, 2.75) is 13.8 Å². The Balaban J connectivity index is 4.28. The minimum atomic E-state index is -3.26. The first-order chi connectivity index (χ1) is 5.54. The van der Waals surface area contributed by atoms with Crippen LogP contribution in [0, 0.1) is 4.78 Å². The Kier molecular flexibility index (Phi) is 5.74. The number of hydrogen-bond acceptors (Lipinski definition) is 6. The summed E-state index contributed by atoms with van der Waals surface area (Å²) in [6.45, 7) is 3.79. The van der Waals surface area contributed by atoms with Gasteiger partial charge in [0, 0.05) is 5.49 Å². The molecule has 74 valence electrons. The van der Waals surface area contributed by atoms with Crippen molar-refractivity contribution in [3.63, 3.8) is 0 Å². The van der Waals surface area contributed by atoms with Gasteiger partial charge in [-0.05, 0) is 13.8 Å². The molecular formula is C5H13NO4PS-. The van der Waals surface area contributed by atoms with Crippen LogP contribution in [0.4, 0.5) is 0 Å². The van der Waals surface area contributed by atoms with Crippen LogP contribution in [-0.4, -0.2) is 18.7 Å². The normalized spacial score (nSPS) is 12.2. The Morgan fingerprint density at radius 3 is 2.00 bits per heavy atom. The van der Waals surface area contributed by atoms with Crippen LogP contribution >= 0.6 is 7.60 Å². The van der Waals surface area contributed by atoms with Crippen molar-refractivity contribution in [2.75, 3.05) is 18.7 Å². The lowest BCUT2D eigenvalue weighted by atomic mass is 10.9. The molecule has 0 aliphatic carbocycles. The van der Waals surface area contributed by atoms with E-state index < -0.39 is 18.2 Å². The highest BCUT2D eigenvalue weighted by atomic mass is 32.2. The predicted octanol–water partition coefficient (Wildman–Crippen LogP) is 1.94. The van der Waals surface area contributed by atoms with E-state index in [-0.39, 0.29) is 18.7 Å². The first-order valence-corrected chi connectivity index (χ1v) is 6.56. The van der Waals surface area contributed by atoms with Gasteiger partial charge in [-0.25, -0.2) is 0 Å². The molecule has 0 aliphatic rings. The molecule has 0 saturated heterocycles. The summed E-state index contributed by atoms with van der Waals surface area (Å²) in [5.74, 6) is 0. The minimum absolute atomic E-state index is 0.231. The molecule has 0 amide bonds. The van der Waals surface area contributed by atoms with Crippen LogP contribution in [0.1, 0.15) is 13.8 Å². The second-order valence-electron chi connectivity index (χ2n) is 1.92. The highest BCUT2D eigenvalue weighted by molar-refractivity contribution is 7.83. The van der Waals surface area contributed by atoms with Crippen LogP contribution in [0.15, 0.2) is 0 Å². The van der Waals surface area contributed by atoms with E-state index in [2.05, 4.69) is 0 Å². The quantitative estimate of drug-likeness (QED) is 0.541. The van der Waals surface area contributed by atoms with E-state index in [4.69, 9.17) is 13.8 Å². The molecule has 0 atom stereocenters. The highest BCUT2D eigenvalue weighted by Gasteiger charge is 2.18. The third-order valence-electron chi connectivity index (χ3n) is 0.927. The first kappa shape index (κ1) is 12.1. The van der Waals surface area contributed by atoms with Crippen molar-refractivity contribution in [1.29, 1.82) is 4.78 Å². The van der Waals surface area contributed by atoms with Gasteiger partial charge in [0.25, 0.3) is 0 Å². The zero-order valence-electron chi connectivity index (χ0n) is 7.11. The zero-order valence-corrected chi connectivity index (χ0v) is 8.82. The van der Waals surface area contributed by atoms with E-state index in [9.17, 15) is 8.77 Å². The average Bonchev–Trinajstić information content (AvgIpc) is 1.85. The van der Waals surface area contributed by atoms with Crippen LogP contribution in [0.2, 0.25) is 0 Å². The summed E-state index contributed by atoms with van der Waals surface area (Å²) >= 11 is 0. The molecule has 12 heavy (non-hydrogen) atoms. The minimum Gasteiger partial charge on any atom is -0.444 e. The zero-order chi connectivity index (χ0) is 9.61. The van der Waals surface area contributed by atoms with Gasteiger partial charge in [-0.15, -0.1) is 0 Å². The Labute approximate surface area is 74.0 Å². The number of hydrogen-bond donors (Lipinski definition) is 1.